The van der Waals surface area contributed by atoms with Crippen LogP contribution in [0.25, 0.3) is 11.1 Å². The molecule has 0 aromatic heterocycles. The number of hydrogen-bond donors (Lipinski definition) is 4. The molecule has 0 atom stereocenters. The lowest BCUT2D eigenvalue weighted by Crippen LogP contribution is -2.51. The highest BCUT2D eigenvalue weighted by atomic mass is 32.2. The molecule has 2 heterocycles. The molecule has 2 aliphatic rings. The van der Waals surface area contributed by atoms with Gasteiger partial charge in [0.15, 0.2) is 18.5 Å². The highest BCUT2D eigenvalue weighted by Crippen LogP contribution is 2.41. The third-order valence-corrected chi connectivity index (χ3v) is 7.18. The van der Waals surface area contributed by atoms with Crippen molar-refractivity contribution in [2.24, 2.45) is 31.8 Å². The number of primary sulfonamides is 1. The molecule has 0 saturated carbocycles. The zero-order valence-electron chi connectivity index (χ0n) is 18.4. The number of amidine groups is 1. The van der Waals surface area contributed by atoms with Gasteiger partial charge in [0.05, 0.1) is 5.56 Å². The fourth-order valence-corrected chi connectivity index (χ4v) is 5.31. The SMILES string of the molecule is N=C(N)N1CCC(N)(c2ccc(-c3ccc(C(F)(F)F)c(S(N)(=O)=O)c3C3=NCN=N3)cc2)CC1. The van der Waals surface area contributed by atoms with Crippen LogP contribution in [0, 0.1) is 5.41 Å². The Kier molecular flexibility index (Phi) is 6.15. The van der Waals surface area contributed by atoms with E-state index >= 15 is 0 Å². The number of benzene rings is 2. The van der Waals surface area contributed by atoms with Crippen LogP contribution in [-0.2, 0) is 21.7 Å². The Labute approximate surface area is 199 Å². The zero-order valence-corrected chi connectivity index (χ0v) is 19.2. The van der Waals surface area contributed by atoms with E-state index < -0.39 is 32.2 Å². The Balaban J connectivity index is 1.81. The lowest BCUT2D eigenvalue weighted by molar-refractivity contribution is -0.139. The van der Waals surface area contributed by atoms with E-state index in [0.29, 0.717) is 37.6 Å². The fraction of sp³-hybridized carbons (Fsp3) is 0.333. The monoisotopic (exact) mass is 508 g/mol. The van der Waals surface area contributed by atoms with Gasteiger partial charge in [0.2, 0.25) is 10.0 Å². The highest BCUT2D eigenvalue weighted by Gasteiger charge is 2.40. The first-order valence-corrected chi connectivity index (χ1v) is 12.0. The van der Waals surface area contributed by atoms with Gasteiger partial charge in [0.25, 0.3) is 0 Å². The van der Waals surface area contributed by atoms with Gasteiger partial charge in [-0.05, 0) is 35.6 Å². The van der Waals surface area contributed by atoms with Gasteiger partial charge in [-0.1, -0.05) is 30.3 Å². The fourth-order valence-electron chi connectivity index (χ4n) is 4.34. The second-order valence-corrected chi connectivity index (χ2v) is 9.88. The first kappa shape index (κ1) is 24.8. The van der Waals surface area contributed by atoms with Crippen LogP contribution >= 0.6 is 0 Å². The third-order valence-electron chi connectivity index (χ3n) is 6.19. The number of likely N-dealkylation sites (tertiary alicyclic amines) is 1. The minimum Gasteiger partial charge on any atom is -0.370 e. The van der Waals surface area contributed by atoms with Crippen LogP contribution in [0.4, 0.5) is 13.2 Å². The van der Waals surface area contributed by atoms with Crippen molar-refractivity contribution in [3.8, 4) is 11.1 Å². The van der Waals surface area contributed by atoms with Gasteiger partial charge in [-0.25, -0.2) is 18.5 Å². The molecule has 1 saturated heterocycles. The predicted octanol–water partition coefficient (Wildman–Crippen LogP) is 2.33. The van der Waals surface area contributed by atoms with Crippen LogP contribution in [0.2, 0.25) is 0 Å². The van der Waals surface area contributed by atoms with Crippen LogP contribution in [0.1, 0.15) is 29.5 Å². The van der Waals surface area contributed by atoms with E-state index in [1.54, 1.807) is 29.2 Å². The number of nitrogens with one attached hydrogen (secondary N) is 1. The van der Waals surface area contributed by atoms with Gasteiger partial charge in [-0.3, -0.25) is 5.41 Å². The summed E-state index contributed by atoms with van der Waals surface area (Å²) >= 11 is 0. The summed E-state index contributed by atoms with van der Waals surface area (Å²) in [5, 5.41) is 20.2. The molecule has 35 heavy (non-hydrogen) atoms. The smallest absolute Gasteiger partial charge is 0.370 e. The molecule has 0 radical (unpaired) electrons. The van der Waals surface area contributed by atoms with Crippen molar-refractivity contribution in [2.75, 3.05) is 19.8 Å². The molecular formula is C21H23F3N8O2S. The number of guanidine groups is 1. The van der Waals surface area contributed by atoms with E-state index in [1.807, 2.05) is 0 Å². The van der Waals surface area contributed by atoms with Crippen molar-refractivity contribution in [3.63, 3.8) is 0 Å². The molecule has 0 unspecified atom stereocenters. The Morgan fingerprint density at radius 2 is 1.71 bits per heavy atom. The van der Waals surface area contributed by atoms with Gasteiger partial charge in [-0.15, -0.1) is 5.11 Å². The molecule has 14 heteroatoms. The molecule has 2 aliphatic heterocycles. The van der Waals surface area contributed by atoms with E-state index in [9.17, 15) is 21.6 Å². The molecule has 2 aromatic rings. The number of aliphatic imine (C=N–C) groups is 1. The Bertz CT molecular complexity index is 1330. The summed E-state index contributed by atoms with van der Waals surface area (Å²) in [5.41, 5.74) is 11.1. The Morgan fingerprint density at radius 1 is 1.09 bits per heavy atom. The second kappa shape index (κ2) is 8.70. The van der Waals surface area contributed by atoms with E-state index in [-0.39, 0.29) is 29.6 Å². The van der Waals surface area contributed by atoms with Crippen molar-refractivity contribution in [1.82, 2.24) is 4.90 Å². The molecule has 1 fully saturated rings. The van der Waals surface area contributed by atoms with Gasteiger partial charge in [0, 0.05) is 24.2 Å². The number of hydrogen-bond acceptors (Lipinski definition) is 7. The van der Waals surface area contributed by atoms with E-state index in [4.69, 9.17) is 22.0 Å². The van der Waals surface area contributed by atoms with Crippen LogP contribution in [-0.4, -0.2) is 44.9 Å². The van der Waals surface area contributed by atoms with Crippen molar-refractivity contribution in [2.45, 2.75) is 29.5 Å². The first-order valence-electron chi connectivity index (χ1n) is 10.5. The Hall–Kier alpha value is -3.36. The second-order valence-electron chi connectivity index (χ2n) is 8.38. The minimum atomic E-state index is -4.98. The maximum Gasteiger partial charge on any atom is 0.417 e. The first-order chi connectivity index (χ1) is 16.3. The summed E-state index contributed by atoms with van der Waals surface area (Å²) in [5.74, 6) is -0.263. The molecule has 0 spiro atoms. The number of halogens is 3. The summed E-state index contributed by atoms with van der Waals surface area (Å²) in [6.07, 6.45) is -3.88. The van der Waals surface area contributed by atoms with Crippen molar-refractivity contribution in [3.05, 3.63) is 53.1 Å². The quantitative estimate of drug-likeness (QED) is 0.365. The van der Waals surface area contributed by atoms with Crippen LogP contribution in [0.5, 0.6) is 0 Å². The Morgan fingerprint density at radius 3 is 2.20 bits per heavy atom. The van der Waals surface area contributed by atoms with E-state index in [2.05, 4.69) is 15.2 Å². The third kappa shape index (κ3) is 4.76. The number of azo groups is 1. The number of nitrogens with zero attached hydrogens (tertiary/aromatic N) is 4. The molecule has 0 bridgehead atoms. The zero-order chi connectivity index (χ0) is 25.6. The normalized spacial score (nSPS) is 18.0. The number of nitrogens with two attached hydrogens (primary N) is 3. The van der Waals surface area contributed by atoms with Gasteiger partial charge in [0.1, 0.15) is 4.90 Å². The molecule has 186 valence electrons. The topological polar surface area (TPSA) is 176 Å². The maximum absolute atomic E-state index is 13.7. The lowest BCUT2D eigenvalue weighted by Gasteiger charge is -2.39. The standard InChI is InChI=1S/C21H23F3N8O2S/c22-21(23,24)15-6-5-14(16(17(15)35(28,33)34)18-29-11-30-31-18)12-1-3-13(4-2-12)20(27)7-9-32(10-8-20)19(25)26/h1-6H,7-11,27H2,(H3,25,26)(H2,28,33,34). The summed E-state index contributed by atoms with van der Waals surface area (Å²) in [6, 6.07) is 8.63. The van der Waals surface area contributed by atoms with Crippen LogP contribution in [0.3, 0.4) is 0 Å². The maximum atomic E-state index is 13.7. The largest absolute Gasteiger partial charge is 0.417 e. The number of rotatable bonds is 4. The summed E-state index contributed by atoms with van der Waals surface area (Å²) in [7, 11) is -4.82. The minimum absolute atomic E-state index is 0.0186. The molecule has 0 amide bonds. The van der Waals surface area contributed by atoms with Gasteiger partial charge in [-0.2, -0.15) is 18.3 Å². The molecule has 0 aliphatic carbocycles. The number of sulfonamides is 1. The van der Waals surface area contributed by atoms with Gasteiger partial charge >= 0.3 is 6.18 Å². The summed E-state index contributed by atoms with van der Waals surface area (Å²) in [4.78, 5) is 4.58. The lowest BCUT2D eigenvalue weighted by atomic mass is 9.81. The van der Waals surface area contributed by atoms with Crippen LogP contribution in [0.15, 0.2) is 56.5 Å². The summed E-state index contributed by atoms with van der Waals surface area (Å²) < 4.78 is 65.8. The average Bonchev–Trinajstić information content (AvgIpc) is 3.32. The van der Waals surface area contributed by atoms with Crippen molar-refractivity contribution >= 4 is 21.8 Å². The van der Waals surface area contributed by atoms with E-state index in [0.717, 1.165) is 5.56 Å². The predicted molar refractivity (Wildman–Crippen MR) is 123 cm³/mol. The molecule has 7 N–H and O–H groups in total. The van der Waals surface area contributed by atoms with E-state index in [1.165, 1.54) is 6.07 Å². The highest BCUT2D eigenvalue weighted by molar-refractivity contribution is 7.89. The number of alkyl halides is 3. The molecule has 4 rings (SSSR count). The van der Waals surface area contributed by atoms with Crippen molar-refractivity contribution in [1.29, 1.82) is 5.41 Å². The van der Waals surface area contributed by atoms with Crippen molar-refractivity contribution < 1.29 is 21.6 Å². The van der Waals surface area contributed by atoms with Gasteiger partial charge < -0.3 is 16.4 Å². The number of piperidine rings is 1. The molecule has 10 nitrogen and oxygen atoms in total. The molecule has 2 aromatic carbocycles. The van der Waals surface area contributed by atoms with Crippen LogP contribution < -0.4 is 16.6 Å². The average molecular weight is 509 g/mol. The summed E-state index contributed by atoms with van der Waals surface area (Å²) in [6.45, 7) is 0.888. The molecular weight excluding hydrogens is 485 g/mol.